The van der Waals surface area contributed by atoms with Gasteiger partial charge in [-0.2, -0.15) is 13.2 Å². The molecule has 0 atom stereocenters. The van der Waals surface area contributed by atoms with E-state index < -0.39 is 22.5 Å². The van der Waals surface area contributed by atoms with E-state index in [0.29, 0.717) is 0 Å². The molecule has 0 radical (unpaired) electrons. The number of rotatable bonds is 0. The van der Waals surface area contributed by atoms with Gasteiger partial charge >= 0.3 is 6.18 Å². The van der Waals surface area contributed by atoms with E-state index in [4.69, 9.17) is 16.3 Å². The minimum atomic E-state index is -4.56. The molecule has 0 spiro atoms. The van der Waals surface area contributed by atoms with Crippen molar-refractivity contribution in [1.82, 2.24) is 0 Å². The van der Waals surface area contributed by atoms with Gasteiger partial charge in [0.2, 0.25) is 5.78 Å². The van der Waals surface area contributed by atoms with Gasteiger partial charge < -0.3 is 4.74 Å². The Bertz CT molecular complexity index is 440. The van der Waals surface area contributed by atoms with Crippen LogP contribution in [0.1, 0.15) is 15.9 Å². The SMILES string of the molecule is O=C1COc2cc(Cl)c(C(F)(F)F)cc21. The van der Waals surface area contributed by atoms with Crippen LogP contribution in [0.2, 0.25) is 5.02 Å². The largest absolute Gasteiger partial charge is 0.485 e. The third kappa shape index (κ3) is 1.67. The van der Waals surface area contributed by atoms with Gasteiger partial charge in [-0.25, -0.2) is 0 Å². The molecule has 0 aliphatic carbocycles. The number of halogens is 4. The van der Waals surface area contributed by atoms with Crippen molar-refractivity contribution in [2.45, 2.75) is 6.18 Å². The third-order valence-electron chi connectivity index (χ3n) is 2.03. The quantitative estimate of drug-likeness (QED) is 0.692. The van der Waals surface area contributed by atoms with Gasteiger partial charge in [-0.15, -0.1) is 0 Å². The zero-order valence-electron chi connectivity index (χ0n) is 7.19. The molecule has 0 fully saturated rings. The van der Waals surface area contributed by atoms with Crippen LogP contribution in [0.3, 0.4) is 0 Å². The first kappa shape index (κ1) is 10.3. The van der Waals surface area contributed by atoms with Crippen molar-refractivity contribution < 1.29 is 22.7 Å². The molecule has 2 nitrogen and oxygen atoms in total. The summed E-state index contributed by atoms with van der Waals surface area (Å²) in [7, 11) is 0. The van der Waals surface area contributed by atoms with Crippen molar-refractivity contribution in [2.75, 3.05) is 6.61 Å². The van der Waals surface area contributed by atoms with Crippen LogP contribution in [0.5, 0.6) is 5.75 Å². The Morgan fingerprint density at radius 3 is 2.60 bits per heavy atom. The molecule has 0 saturated carbocycles. The first-order valence-electron chi connectivity index (χ1n) is 3.96. The Kier molecular flexibility index (Phi) is 2.15. The fourth-order valence-electron chi connectivity index (χ4n) is 1.33. The normalized spacial score (nSPS) is 15.1. The first-order chi connectivity index (χ1) is 6.89. The molecule has 0 unspecified atom stereocenters. The van der Waals surface area contributed by atoms with Gasteiger partial charge in [0.05, 0.1) is 16.1 Å². The molecule has 0 saturated heterocycles. The highest BCUT2D eigenvalue weighted by Crippen LogP contribution is 2.39. The summed E-state index contributed by atoms with van der Waals surface area (Å²) in [4.78, 5) is 11.1. The van der Waals surface area contributed by atoms with E-state index in [0.717, 1.165) is 12.1 Å². The Morgan fingerprint density at radius 1 is 1.33 bits per heavy atom. The summed E-state index contributed by atoms with van der Waals surface area (Å²) in [6, 6.07) is 1.75. The summed E-state index contributed by atoms with van der Waals surface area (Å²) in [6.45, 7) is -0.229. The molecule has 0 amide bonds. The van der Waals surface area contributed by atoms with Crippen LogP contribution in [0, 0.1) is 0 Å². The highest BCUT2D eigenvalue weighted by Gasteiger charge is 2.36. The van der Waals surface area contributed by atoms with E-state index in [9.17, 15) is 18.0 Å². The number of Topliss-reactive ketones (excluding diaryl/α,β-unsaturated/α-hetero) is 1. The van der Waals surface area contributed by atoms with Gasteiger partial charge in [0.15, 0.2) is 6.61 Å². The summed E-state index contributed by atoms with van der Waals surface area (Å²) in [6.07, 6.45) is -4.56. The van der Waals surface area contributed by atoms with Crippen LogP contribution in [0.4, 0.5) is 13.2 Å². The van der Waals surface area contributed by atoms with Crippen LogP contribution < -0.4 is 4.74 Å². The number of carbonyl (C=O) groups excluding carboxylic acids is 1. The van der Waals surface area contributed by atoms with Gasteiger partial charge in [-0.3, -0.25) is 4.79 Å². The number of alkyl halides is 3. The van der Waals surface area contributed by atoms with Gasteiger partial charge in [0.25, 0.3) is 0 Å². The molecule has 1 aliphatic rings. The van der Waals surface area contributed by atoms with Crippen LogP contribution in [0.25, 0.3) is 0 Å². The maximum Gasteiger partial charge on any atom is 0.417 e. The van der Waals surface area contributed by atoms with Crippen LogP contribution in [0.15, 0.2) is 12.1 Å². The van der Waals surface area contributed by atoms with E-state index in [1.165, 1.54) is 0 Å². The fraction of sp³-hybridized carbons (Fsp3) is 0.222. The topological polar surface area (TPSA) is 26.3 Å². The van der Waals surface area contributed by atoms with Crippen molar-refractivity contribution in [2.24, 2.45) is 0 Å². The lowest BCUT2D eigenvalue weighted by Crippen LogP contribution is -2.07. The van der Waals surface area contributed by atoms with E-state index in [-0.39, 0.29) is 17.9 Å². The second-order valence-electron chi connectivity index (χ2n) is 3.04. The van der Waals surface area contributed by atoms with E-state index in [2.05, 4.69) is 0 Å². The van der Waals surface area contributed by atoms with Crippen LogP contribution in [-0.4, -0.2) is 12.4 Å². The number of fused-ring (bicyclic) bond motifs is 1. The molecule has 0 N–H and O–H groups in total. The van der Waals surface area contributed by atoms with E-state index in [1.54, 1.807) is 0 Å². The number of carbonyl (C=O) groups is 1. The van der Waals surface area contributed by atoms with Gasteiger partial charge in [0.1, 0.15) is 5.75 Å². The van der Waals surface area contributed by atoms with Gasteiger partial charge in [-0.1, -0.05) is 11.6 Å². The molecule has 1 aromatic rings. The zero-order valence-corrected chi connectivity index (χ0v) is 7.95. The molecule has 1 aliphatic heterocycles. The summed E-state index contributed by atoms with van der Waals surface area (Å²) < 4.78 is 42.1. The summed E-state index contributed by atoms with van der Waals surface area (Å²) in [5, 5.41) is -0.462. The van der Waals surface area contributed by atoms with Crippen molar-refractivity contribution in [1.29, 1.82) is 0 Å². The number of ketones is 1. The lowest BCUT2D eigenvalue weighted by atomic mass is 10.1. The van der Waals surface area contributed by atoms with E-state index in [1.807, 2.05) is 0 Å². The second kappa shape index (κ2) is 3.13. The molecule has 1 aromatic carbocycles. The Morgan fingerprint density at radius 2 is 2.00 bits per heavy atom. The maximum absolute atomic E-state index is 12.4. The van der Waals surface area contributed by atoms with Crippen molar-refractivity contribution in [3.05, 3.63) is 28.3 Å². The summed E-state index contributed by atoms with van der Waals surface area (Å²) in [5.41, 5.74) is -1.08. The second-order valence-corrected chi connectivity index (χ2v) is 3.45. The van der Waals surface area contributed by atoms with Crippen LogP contribution in [-0.2, 0) is 6.18 Å². The average Bonchev–Trinajstić information content (AvgIpc) is 2.44. The fourth-order valence-corrected chi connectivity index (χ4v) is 1.59. The predicted molar refractivity (Wildman–Crippen MR) is 46.3 cm³/mol. The minimum Gasteiger partial charge on any atom is -0.485 e. The number of ether oxygens (including phenoxy) is 1. The number of hydrogen-bond acceptors (Lipinski definition) is 2. The average molecular weight is 237 g/mol. The molecule has 2 rings (SSSR count). The lowest BCUT2D eigenvalue weighted by molar-refractivity contribution is -0.137. The smallest absolute Gasteiger partial charge is 0.417 e. The molecular weight excluding hydrogens is 233 g/mol. The zero-order chi connectivity index (χ0) is 11.2. The molecule has 1 heterocycles. The Hall–Kier alpha value is -1.23. The predicted octanol–water partition coefficient (Wildman–Crippen LogP) is 2.93. The monoisotopic (exact) mass is 236 g/mol. The summed E-state index contributed by atoms with van der Waals surface area (Å²) >= 11 is 5.43. The lowest BCUT2D eigenvalue weighted by Gasteiger charge is -2.09. The molecule has 0 aromatic heterocycles. The Balaban J connectivity index is 2.60. The highest BCUT2D eigenvalue weighted by molar-refractivity contribution is 6.31. The molecule has 15 heavy (non-hydrogen) atoms. The van der Waals surface area contributed by atoms with Gasteiger partial charge in [-0.05, 0) is 6.07 Å². The Labute approximate surface area is 87.6 Å². The first-order valence-corrected chi connectivity index (χ1v) is 4.34. The molecular formula is C9H4ClF3O2. The van der Waals surface area contributed by atoms with Crippen LogP contribution >= 0.6 is 11.6 Å². The number of benzene rings is 1. The van der Waals surface area contributed by atoms with Crippen molar-refractivity contribution in [3.63, 3.8) is 0 Å². The molecule has 0 bridgehead atoms. The van der Waals surface area contributed by atoms with E-state index >= 15 is 0 Å². The molecule has 80 valence electrons. The van der Waals surface area contributed by atoms with Crippen molar-refractivity contribution in [3.8, 4) is 5.75 Å². The minimum absolute atomic E-state index is 0.0632. The standard InChI is InChI=1S/C9H4ClF3O2/c10-6-2-8-4(7(14)3-15-8)1-5(6)9(11,12)13/h1-2H,3H2. The third-order valence-corrected chi connectivity index (χ3v) is 2.35. The highest BCUT2D eigenvalue weighted by atomic mass is 35.5. The summed E-state index contributed by atoms with van der Waals surface area (Å²) in [5.74, 6) is -0.356. The van der Waals surface area contributed by atoms with Crippen molar-refractivity contribution >= 4 is 17.4 Å². The maximum atomic E-state index is 12.4. The van der Waals surface area contributed by atoms with Gasteiger partial charge in [0, 0.05) is 6.07 Å². The molecule has 6 heteroatoms. The number of hydrogen-bond donors (Lipinski definition) is 0.